The number of imidazole rings is 1. The minimum absolute atomic E-state index is 0.000874. The van der Waals surface area contributed by atoms with E-state index in [-0.39, 0.29) is 16.9 Å². The second-order valence-electron chi connectivity index (χ2n) is 4.37. The van der Waals surface area contributed by atoms with E-state index in [2.05, 4.69) is 4.98 Å². The molecule has 106 valence electrons. The molecule has 0 fully saturated rings. The van der Waals surface area contributed by atoms with E-state index in [0.717, 1.165) is 4.88 Å². The van der Waals surface area contributed by atoms with Crippen LogP contribution >= 0.6 is 11.3 Å². The molecule has 0 bridgehead atoms. The molecule has 7 heteroatoms. The minimum Gasteiger partial charge on any atom is -0.477 e. The molecule has 21 heavy (non-hydrogen) atoms. The second-order valence-corrected chi connectivity index (χ2v) is 5.41. The maximum Gasteiger partial charge on any atom is 0.356 e. The Kier molecular flexibility index (Phi) is 3.19. The van der Waals surface area contributed by atoms with E-state index in [1.54, 1.807) is 6.07 Å². The Labute approximate surface area is 122 Å². The SMILES string of the molecule is O=C(O)c1nc(Cc2cccs2)n2c(C(=O)O)cccc12. The summed E-state index contributed by atoms with van der Waals surface area (Å²) >= 11 is 1.51. The number of carboxylic acids is 2. The van der Waals surface area contributed by atoms with Crippen molar-refractivity contribution in [3.63, 3.8) is 0 Å². The number of nitrogens with zero attached hydrogens (tertiary/aromatic N) is 2. The highest BCUT2D eigenvalue weighted by Crippen LogP contribution is 2.20. The van der Waals surface area contributed by atoms with E-state index in [9.17, 15) is 19.8 Å². The maximum atomic E-state index is 11.4. The monoisotopic (exact) mass is 302 g/mol. The van der Waals surface area contributed by atoms with Gasteiger partial charge < -0.3 is 10.2 Å². The highest BCUT2D eigenvalue weighted by atomic mass is 32.1. The Morgan fingerprint density at radius 3 is 2.57 bits per heavy atom. The topological polar surface area (TPSA) is 91.9 Å². The summed E-state index contributed by atoms with van der Waals surface area (Å²) in [4.78, 5) is 27.7. The predicted molar refractivity (Wildman–Crippen MR) is 76.2 cm³/mol. The minimum atomic E-state index is -1.17. The lowest BCUT2D eigenvalue weighted by Crippen LogP contribution is -2.07. The highest BCUT2D eigenvalue weighted by molar-refractivity contribution is 7.09. The van der Waals surface area contributed by atoms with Crippen molar-refractivity contribution in [3.05, 3.63) is 57.8 Å². The molecule has 0 spiro atoms. The van der Waals surface area contributed by atoms with E-state index in [1.165, 1.54) is 27.9 Å². The lowest BCUT2D eigenvalue weighted by atomic mass is 10.2. The maximum absolute atomic E-state index is 11.4. The number of aromatic carboxylic acids is 2. The molecule has 3 heterocycles. The lowest BCUT2D eigenvalue weighted by Gasteiger charge is -2.04. The van der Waals surface area contributed by atoms with Crippen LogP contribution < -0.4 is 0 Å². The van der Waals surface area contributed by atoms with Crippen molar-refractivity contribution < 1.29 is 19.8 Å². The van der Waals surface area contributed by atoms with Gasteiger partial charge in [0.25, 0.3) is 0 Å². The van der Waals surface area contributed by atoms with Gasteiger partial charge in [0.2, 0.25) is 0 Å². The zero-order valence-electron chi connectivity index (χ0n) is 10.7. The van der Waals surface area contributed by atoms with Crippen molar-refractivity contribution in [2.24, 2.45) is 0 Å². The van der Waals surface area contributed by atoms with Crippen LogP contribution in [0, 0.1) is 0 Å². The molecule has 0 radical (unpaired) electrons. The van der Waals surface area contributed by atoms with E-state index < -0.39 is 11.9 Å². The van der Waals surface area contributed by atoms with Crippen LogP contribution in [0.5, 0.6) is 0 Å². The number of pyridine rings is 1. The first-order valence-electron chi connectivity index (χ1n) is 6.07. The van der Waals surface area contributed by atoms with Crippen molar-refractivity contribution in [1.82, 2.24) is 9.38 Å². The normalized spacial score (nSPS) is 10.9. The van der Waals surface area contributed by atoms with Crippen LogP contribution in [-0.2, 0) is 6.42 Å². The zero-order chi connectivity index (χ0) is 15.0. The van der Waals surface area contributed by atoms with Gasteiger partial charge >= 0.3 is 11.9 Å². The van der Waals surface area contributed by atoms with Crippen molar-refractivity contribution >= 4 is 28.8 Å². The van der Waals surface area contributed by atoms with Gasteiger partial charge in [-0.3, -0.25) is 4.40 Å². The Bertz CT molecular complexity index is 836. The zero-order valence-corrected chi connectivity index (χ0v) is 11.5. The molecule has 0 atom stereocenters. The van der Waals surface area contributed by atoms with Crippen molar-refractivity contribution in [2.75, 3.05) is 0 Å². The van der Waals surface area contributed by atoms with Crippen LogP contribution in [0.2, 0.25) is 0 Å². The summed E-state index contributed by atoms with van der Waals surface area (Å²) in [5.41, 5.74) is 0.151. The molecule has 3 aromatic rings. The number of hydrogen-bond donors (Lipinski definition) is 2. The van der Waals surface area contributed by atoms with Gasteiger partial charge in [0.15, 0.2) is 5.69 Å². The fraction of sp³-hybridized carbons (Fsp3) is 0.0714. The molecule has 0 aliphatic carbocycles. The van der Waals surface area contributed by atoms with Crippen LogP contribution in [0.1, 0.15) is 31.7 Å². The van der Waals surface area contributed by atoms with E-state index in [0.29, 0.717) is 12.2 Å². The first kappa shape index (κ1) is 13.3. The second kappa shape index (κ2) is 5.02. The lowest BCUT2D eigenvalue weighted by molar-refractivity contribution is 0.0678. The third kappa shape index (κ3) is 2.27. The molecule has 0 aliphatic heterocycles. The quantitative estimate of drug-likeness (QED) is 0.772. The number of rotatable bonds is 4. The van der Waals surface area contributed by atoms with E-state index >= 15 is 0 Å². The van der Waals surface area contributed by atoms with Crippen LogP contribution in [0.4, 0.5) is 0 Å². The van der Waals surface area contributed by atoms with Gasteiger partial charge in [-0.25, -0.2) is 14.6 Å². The van der Waals surface area contributed by atoms with Gasteiger partial charge in [0, 0.05) is 11.3 Å². The van der Waals surface area contributed by atoms with Crippen molar-refractivity contribution in [3.8, 4) is 0 Å². The molecule has 0 saturated carbocycles. The Morgan fingerprint density at radius 1 is 1.14 bits per heavy atom. The molecule has 0 aromatic carbocycles. The first-order valence-corrected chi connectivity index (χ1v) is 6.95. The summed E-state index contributed by atoms with van der Waals surface area (Å²) in [6.07, 6.45) is 0.385. The first-order chi connectivity index (χ1) is 10.1. The van der Waals surface area contributed by atoms with Crippen LogP contribution in [0.15, 0.2) is 35.7 Å². The summed E-state index contributed by atoms with van der Waals surface area (Å²) in [5.74, 6) is -1.89. The summed E-state index contributed by atoms with van der Waals surface area (Å²) in [5, 5.41) is 20.4. The molecular formula is C14H10N2O4S. The Morgan fingerprint density at radius 2 is 1.95 bits per heavy atom. The molecule has 6 nitrogen and oxygen atoms in total. The summed E-state index contributed by atoms with van der Waals surface area (Å²) in [7, 11) is 0. The van der Waals surface area contributed by atoms with Gasteiger partial charge in [0.05, 0.1) is 5.52 Å². The van der Waals surface area contributed by atoms with Gasteiger partial charge in [-0.15, -0.1) is 11.3 Å². The number of carboxylic acid groups (broad SMARTS) is 2. The fourth-order valence-electron chi connectivity index (χ4n) is 2.22. The molecule has 3 rings (SSSR count). The van der Waals surface area contributed by atoms with E-state index in [4.69, 9.17) is 0 Å². The predicted octanol–water partition coefficient (Wildman–Crippen LogP) is 2.38. The average Bonchev–Trinajstić information content (AvgIpc) is 3.07. The number of thiophene rings is 1. The third-order valence-corrected chi connectivity index (χ3v) is 3.94. The molecule has 0 amide bonds. The highest BCUT2D eigenvalue weighted by Gasteiger charge is 2.21. The Hall–Kier alpha value is -2.67. The van der Waals surface area contributed by atoms with Gasteiger partial charge in [-0.1, -0.05) is 12.1 Å². The molecule has 3 aromatic heterocycles. The van der Waals surface area contributed by atoms with Crippen molar-refractivity contribution in [1.29, 1.82) is 0 Å². The molecule has 0 aliphatic rings. The van der Waals surface area contributed by atoms with Crippen LogP contribution in [-0.4, -0.2) is 31.5 Å². The molecular weight excluding hydrogens is 292 g/mol. The third-order valence-electron chi connectivity index (χ3n) is 3.07. The summed E-state index contributed by atoms with van der Waals surface area (Å²) < 4.78 is 1.39. The van der Waals surface area contributed by atoms with Gasteiger partial charge in [-0.2, -0.15) is 0 Å². The number of fused-ring (bicyclic) bond motifs is 1. The summed E-state index contributed by atoms with van der Waals surface area (Å²) in [6.45, 7) is 0. The fourth-order valence-corrected chi connectivity index (χ4v) is 2.92. The van der Waals surface area contributed by atoms with Crippen molar-refractivity contribution in [2.45, 2.75) is 6.42 Å². The van der Waals surface area contributed by atoms with E-state index in [1.807, 2.05) is 17.5 Å². The smallest absolute Gasteiger partial charge is 0.356 e. The average molecular weight is 302 g/mol. The van der Waals surface area contributed by atoms with Crippen LogP contribution in [0.25, 0.3) is 5.52 Å². The molecule has 0 unspecified atom stereocenters. The number of hydrogen-bond acceptors (Lipinski definition) is 4. The Balaban J connectivity index is 2.27. The number of aromatic nitrogens is 2. The van der Waals surface area contributed by atoms with Gasteiger partial charge in [-0.05, 0) is 23.6 Å². The number of carbonyl (C=O) groups is 2. The summed E-state index contributed by atoms with van der Waals surface area (Å²) in [6, 6.07) is 8.28. The van der Waals surface area contributed by atoms with Crippen LogP contribution in [0.3, 0.4) is 0 Å². The standard InChI is InChI=1S/C14H10N2O4S/c17-13(18)10-5-1-4-9-12(14(19)20)15-11(16(9)10)7-8-3-2-6-21-8/h1-6H,7H2,(H,17,18)(H,19,20). The molecule has 0 saturated heterocycles. The largest absolute Gasteiger partial charge is 0.477 e. The van der Waals surface area contributed by atoms with Gasteiger partial charge in [0.1, 0.15) is 11.5 Å². The molecule has 2 N–H and O–H groups in total.